The molecule has 0 aliphatic rings. The van der Waals surface area contributed by atoms with Crippen molar-refractivity contribution >= 4 is 17.9 Å². The molecule has 0 aromatic heterocycles. The second-order valence-corrected chi connectivity index (χ2v) is 2.54. The molecule has 0 aliphatic carbocycles. The highest BCUT2D eigenvalue weighted by Gasteiger charge is 2.01. The maximum Gasteiger partial charge on any atom is 0.314 e. The van der Waals surface area contributed by atoms with Crippen molar-refractivity contribution in [2.24, 2.45) is 5.73 Å². The molecule has 0 heterocycles. The summed E-state index contributed by atoms with van der Waals surface area (Å²) >= 11 is 0. The number of amides is 3. The maximum atomic E-state index is 10.8. The van der Waals surface area contributed by atoms with Gasteiger partial charge in [-0.25, -0.2) is 4.79 Å². The highest BCUT2D eigenvalue weighted by Crippen LogP contribution is 1.77. The van der Waals surface area contributed by atoms with E-state index in [4.69, 9.17) is 10.8 Å². The van der Waals surface area contributed by atoms with Crippen LogP contribution in [0.15, 0.2) is 0 Å². The van der Waals surface area contributed by atoms with E-state index in [-0.39, 0.29) is 25.9 Å². The first-order valence-corrected chi connectivity index (χ1v) is 4.04. The normalized spacial score (nSPS) is 9.14. The van der Waals surface area contributed by atoms with E-state index < -0.39 is 17.9 Å². The van der Waals surface area contributed by atoms with E-state index in [1.807, 2.05) is 0 Å². The molecule has 0 aromatic carbocycles. The molecule has 0 unspecified atom stereocenters. The zero-order chi connectivity index (χ0) is 11.0. The molecule has 3 amide bonds. The molecule has 80 valence electrons. The van der Waals surface area contributed by atoms with E-state index in [2.05, 4.69) is 10.6 Å². The first-order valence-electron chi connectivity index (χ1n) is 4.04. The Labute approximate surface area is 80.6 Å². The minimum atomic E-state index is -0.984. The molecule has 0 rings (SSSR count). The predicted molar refractivity (Wildman–Crippen MR) is 47.5 cm³/mol. The third-order valence-electron chi connectivity index (χ3n) is 1.28. The van der Waals surface area contributed by atoms with E-state index in [1.165, 1.54) is 0 Å². The second kappa shape index (κ2) is 6.70. The van der Waals surface area contributed by atoms with Gasteiger partial charge in [0, 0.05) is 19.5 Å². The molecule has 0 atom stereocenters. The van der Waals surface area contributed by atoms with Gasteiger partial charge in [-0.15, -0.1) is 0 Å². The van der Waals surface area contributed by atoms with Gasteiger partial charge in [0.05, 0.1) is 6.42 Å². The standard InChI is InChI=1S/C7H13N3O4/c8-5(11)1-3-9-7(14)10-4-2-6(12)13/h1-4H2,(H2,8,11)(H,12,13)(H2,9,10,14). The van der Waals surface area contributed by atoms with Crippen molar-refractivity contribution < 1.29 is 19.5 Å². The molecule has 0 fully saturated rings. The van der Waals surface area contributed by atoms with E-state index in [9.17, 15) is 14.4 Å². The van der Waals surface area contributed by atoms with Gasteiger partial charge in [0.1, 0.15) is 0 Å². The third-order valence-corrected chi connectivity index (χ3v) is 1.28. The van der Waals surface area contributed by atoms with Crippen LogP contribution in [0.4, 0.5) is 4.79 Å². The minimum Gasteiger partial charge on any atom is -0.481 e. The first kappa shape index (κ1) is 12.2. The van der Waals surface area contributed by atoms with E-state index in [0.717, 1.165) is 0 Å². The minimum absolute atomic E-state index is 0.0533. The van der Waals surface area contributed by atoms with Crippen LogP contribution in [-0.2, 0) is 9.59 Å². The van der Waals surface area contributed by atoms with Crippen LogP contribution in [0.5, 0.6) is 0 Å². The van der Waals surface area contributed by atoms with Gasteiger partial charge in [0.25, 0.3) is 0 Å². The van der Waals surface area contributed by atoms with Crippen LogP contribution >= 0.6 is 0 Å². The van der Waals surface area contributed by atoms with Gasteiger partial charge >= 0.3 is 12.0 Å². The Morgan fingerprint density at radius 1 is 1.07 bits per heavy atom. The molecule has 0 spiro atoms. The SMILES string of the molecule is NC(=O)CCNC(=O)NCCC(=O)O. The van der Waals surface area contributed by atoms with Crippen molar-refractivity contribution in [1.82, 2.24) is 10.6 Å². The summed E-state index contributed by atoms with van der Waals surface area (Å²) in [5, 5.41) is 12.9. The lowest BCUT2D eigenvalue weighted by atomic mass is 10.4. The van der Waals surface area contributed by atoms with Gasteiger partial charge < -0.3 is 21.5 Å². The maximum absolute atomic E-state index is 10.8. The molecule has 7 heteroatoms. The van der Waals surface area contributed by atoms with Crippen LogP contribution in [-0.4, -0.2) is 36.1 Å². The summed E-state index contributed by atoms with van der Waals surface area (Å²) in [6.45, 7) is 0.200. The number of carboxylic acids is 1. The number of aliphatic carboxylic acids is 1. The number of carbonyl (C=O) groups is 3. The third kappa shape index (κ3) is 8.31. The van der Waals surface area contributed by atoms with Crippen molar-refractivity contribution in [1.29, 1.82) is 0 Å². The molecule has 14 heavy (non-hydrogen) atoms. The summed E-state index contributed by atoms with van der Waals surface area (Å²) in [6, 6.07) is -0.507. The highest BCUT2D eigenvalue weighted by molar-refractivity contribution is 5.77. The molecular formula is C7H13N3O4. The molecule has 0 radical (unpaired) electrons. The molecule has 0 saturated carbocycles. The lowest BCUT2D eigenvalue weighted by Gasteiger charge is -2.04. The van der Waals surface area contributed by atoms with Gasteiger partial charge in [-0.05, 0) is 0 Å². The predicted octanol–water partition coefficient (Wildman–Crippen LogP) is -1.36. The number of rotatable bonds is 6. The number of primary amides is 1. The number of nitrogens with one attached hydrogen (secondary N) is 2. The average Bonchev–Trinajstić information content (AvgIpc) is 2.02. The van der Waals surface area contributed by atoms with Crippen LogP contribution in [0, 0.1) is 0 Å². The Kier molecular flexibility index (Phi) is 5.84. The summed E-state index contributed by atoms with van der Waals surface area (Å²) in [7, 11) is 0. The summed E-state index contributed by atoms with van der Waals surface area (Å²) in [5.74, 6) is -1.49. The average molecular weight is 203 g/mol. The molecule has 0 aromatic rings. The topological polar surface area (TPSA) is 122 Å². The fourth-order valence-corrected chi connectivity index (χ4v) is 0.645. The fourth-order valence-electron chi connectivity index (χ4n) is 0.645. The molecule has 7 nitrogen and oxygen atoms in total. The van der Waals surface area contributed by atoms with E-state index in [0.29, 0.717) is 0 Å². The van der Waals surface area contributed by atoms with Crippen molar-refractivity contribution in [3.8, 4) is 0 Å². The zero-order valence-corrected chi connectivity index (χ0v) is 7.58. The van der Waals surface area contributed by atoms with Crippen molar-refractivity contribution in [2.45, 2.75) is 12.8 Å². The highest BCUT2D eigenvalue weighted by atomic mass is 16.4. The van der Waals surface area contributed by atoms with Crippen LogP contribution < -0.4 is 16.4 Å². The number of carbonyl (C=O) groups excluding carboxylic acids is 2. The molecular weight excluding hydrogens is 190 g/mol. The van der Waals surface area contributed by atoms with Gasteiger partial charge in [0.2, 0.25) is 5.91 Å². The van der Waals surface area contributed by atoms with Gasteiger partial charge in [-0.2, -0.15) is 0 Å². The Morgan fingerprint density at radius 3 is 2.00 bits per heavy atom. The smallest absolute Gasteiger partial charge is 0.314 e. The van der Waals surface area contributed by atoms with Crippen molar-refractivity contribution in [3.05, 3.63) is 0 Å². The number of carboxylic acid groups (broad SMARTS) is 1. The Bertz CT molecular complexity index is 207. The summed E-state index contributed by atoms with van der Waals surface area (Å²) < 4.78 is 0. The molecule has 0 saturated heterocycles. The summed E-state index contributed by atoms with van der Waals surface area (Å²) in [5.41, 5.74) is 4.83. The van der Waals surface area contributed by atoms with Gasteiger partial charge in [-0.1, -0.05) is 0 Å². The second-order valence-electron chi connectivity index (χ2n) is 2.54. The number of urea groups is 1. The Balaban J connectivity index is 3.37. The van der Waals surface area contributed by atoms with Gasteiger partial charge in [0.15, 0.2) is 0 Å². The summed E-state index contributed by atoms with van der Waals surface area (Å²) in [6.07, 6.45) is -0.0738. The zero-order valence-electron chi connectivity index (χ0n) is 7.58. The monoisotopic (exact) mass is 203 g/mol. The Hall–Kier alpha value is -1.79. The molecule has 5 N–H and O–H groups in total. The van der Waals surface area contributed by atoms with Crippen LogP contribution in [0.1, 0.15) is 12.8 Å². The lowest BCUT2D eigenvalue weighted by molar-refractivity contribution is -0.136. The number of hydrogen-bond acceptors (Lipinski definition) is 3. The fraction of sp³-hybridized carbons (Fsp3) is 0.571. The van der Waals surface area contributed by atoms with Crippen molar-refractivity contribution in [2.75, 3.05) is 13.1 Å². The quantitative estimate of drug-likeness (QED) is 0.425. The largest absolute Gasteiger partial charge is 0.481 e. The van der Waals surface area contributed by atoms with Crippen LogP contribution in [0.25, 0.3) is 0 Å². The molecule has 0 aliphatic heterocycles. The van der Waals surface area contributed by atoms with Crippen LogP contribution in [0.2, 0.25) is 0 Å². The summed E-state index contributed by atoms with van der Waals surface area (Å²) in [4.78, 5) is 31.1. The van der Waals surface area contributed by atoms with Gasteiger partial charge in [-0.3, -0.25) is 9.59 Å². The van der Waals surface area contributed by atoms with E-state index >= 15 is 0 Å². The van der Waals surface area contributed by atoms with Crippen LogP contribution in [0.3, 0.4) is 0 Å². The Morgan fingerprint density at radius 2 is 1.57 bits per heavy atom. The number of nitrogens with two attached hydrogens (primary N) is 1. The lowest BCUT2D eigenvalue weighted by Crippen LogP contribution is -2.38. The number of hydrogen-bond donors (Lipinski definition) is 4. The molecule has 0 bridgehead atoms. The van der Waals surface area contributed by atoms with E-state index in [1.54, 1.807) is 0 Å². The first-order chi connectivity index (χ1) is 6.52. The van der Waals surface area contributed by atoms with Crippen molar-refractivity contribution in [3.63, 3.8) is 0 Å².